The van der Waals surface area contributed by atoms with E-state index >= 15 is 0 Å². The maximum Gasteiger partial charge on any atom is 0.281 e. The van der Waals surface area contributed by atoms with Gasteiger partial charge in [-0.3, -0.25) is 14.3 Å². The average molecular weight is 614 g/mol. The van der Waals surface area contributed by atoms with E-state index in [2.05, 4.69) is 20.1 Å². The number of aromatic nitrogens is 7. The first-order valence-corrected chi connectivity index (χ1v) is 16.0. The predicted octanol–water partition coefficient (Wildman–Crippen LogP) is 1.61. The summed E-state index contributed by atoms with van der Waals surface area (Å²) in [7, 11) is 1.20. The third-order valence-corrected chi connectivity index (χ3v) is 9.49. The van der Waals surface area contributed by atoms with Gasteiger partial charge in [-0.2, -0.15) is 19.5 Å². The summed E-state index contributed by atoms with van der Waals surface area (Å²) in [5, 5.41) is 8.75. The monoisotopic (exact) mass is 613 g/mol. The van der Waals surface area contributed by atoms with Gasteiger partial charge in [-0.15, -0.1) is 0 Å². The van der Waals surface area contributed by atoms with Crippen molar-refractivity contribution < 1.29 is 17.9 Å². The Morgan fingerprint density at radius 2 is 1.77 bits per heavy atom. The molecule has 0 N–H and O–H groups in total. The summed E-state index contributed by atoms with van der Waals surface area (Å²) in [5.41, 5.74) is 1.41. The SMILES string of the molecule is CCCOc1ccc(S(=O)(=O)N2CCN(CCOC)CC2)cc1-c1nc2c(CCC)n(-c3ncnn3C)nc2c(=O)n1C. The highest BCUT2D eigenvalue weighted by atomic mass is 32.2. The van der Waals surface area contributed by atoms with Crippen molar-refractivity contribution in [1.82, 2.24) is 43.3 Å². The Hall–Kier alpha value is -3.66. The minimum Gasteiger partial charge on any atom is -0.493 e. The molecule has 1 aromatic carbocycles. The fourth-order valence-corrected chi connectivity index (χ4v) is 6.69. The van der Waals surface area contributed by atoms with Crippen LogP contribution in [0.25, 0.3) is 28.4 Å². The van der Waals surface area contributed by atoms with E-state index in [-0.39, 0.29) is 16.0 Å². The Morgan fingerprint density at radius 1 is 1.00 bits per heavy atom. The van der Waals surface area contributed by atoms with E-state index < -0.39 is 10.0 Å². The van der Waals surface area contributed by atoms with Gasteiger partial charge in [-0.1, -0.05) is 20.3 Å². The van der Waals surface area contributed by atoms with E-state index in [1.54, 1.807) is 48.8 Å². The molecule has 43 heavy (non-hydrogen) atoms. The zero-order chi connectivity index (χ0) is 30.7. The number of benzene rings is 1. The van der Waals surface area contributed by atoms with Crippen LogP contribution >= 0.6 is 0 Å². The third-order valence-electron chi connectivity index (χ3n) is 7.59. The predicted molar refractivity (Wildman–Crippen MR) is 161 cm³/mol. The van der Waals surface area contributed by atoms with Crippen molar-refractivity contribution >= 4 is 21.1 Å². The van der Waals surface area contributed by atoms with E-state index in [9.17, 15) is 13.2 Å². The van der Waals surface area contributed by atoms with Gasteiger partial charge in [0.15, 0.2) is 5.52 Å². The molecule has 1 saturated heterocycles. The molecule has 0 amide bonds. The van der Waals surface area contributed by atoms with Crippen LogP contribution in [0.5, 0.6) is 5.75 Å². The van der Waals surface area contributed by atoms with Crippen molar-refractivity contribution in [2.45, 2.75) is 38.0 Å². The van der Waals surface area contributed by atoms with Crippen LogP contribution in [-0.4, -0.2) is 105 Å². The summed E-state index contributed by atoms with van der Waals surface area (Å²) in [6.07, 6.45) is 3.55. The van der Waals surface area contributed by atoms with Crippen LogP contribution in [0.2, 0.25) is 0 Å². The largest absolute Gasteiger partial charge is 0.493 e. The lowest BCUT2D eigenvalue weighted by Gasteiger charge is -2.33. The fourth-order valence-electron chi connectivity index (χ4n) is 5.24. The molecule has 0 saturated carbocycles. The fraction of sp³-hybridized carbons (Fsp3) is 0.536. The zero-order valence-electron chi connectivity index (χ0n) is 25.4. The molecule has 0 bridgehead atoms. The standard InChI is InChI=1S/C28H39N9O5S/c1-6-8-22-24-25(32-37(22)28-29-19-30-34(28)4)27(38)33(3)26(31-24)21-18-20(9-10-23(21)42-16-7-2)43(39,40)36-13-11-35(12-14-36)15-17-41-5/h9-10,18-19H,6-8,11-17H2,1-5H3. The highest BCUT2D eigenvalue weighted by Crippen LogP contribution is 2.33. The van der Waals surface area contributed by atoms with Gasteiger partial charge < -0.3 is 9.47 Å². The van der Waals surface area contributed by atoms with Crippen molar-refractivity contribution in [3.63, 3.8) is 0 Å². The Labute approximate surface area is 250 Å². The van der Waals surface area contributed by atoms with E-state index in [0.717, 1.165) is 25.1 Å². The number of aryl methyl sites for hydroxylation is 2. The zero-order valence-corrected chi connectivity index (χ0v) is 26.2. The number of sulfonamides is 1. The molecule has 1 aliphatic rings. The molecule has 1 fully saturated rings. The van der Waals surface area contributed by atoms with Gasteiger partial charge >= 0.3 is 0 Å². The summed E-state index contributed by atoms with van der Waals surface area (Å²) in [5.74, 6) is 1.21. The van der Waals surface area contributed by atoms with E-state index in [1.807, 2.05) is 13.8 Å². The number of hydrogen-bond acceptors (Lipinski definition) is 10. The van der Waals surface area contributed by atoms with Gasteiger partial charge in [0.1, 0.15) is 23.4 Å². The molecule has 232 valence electrons. The van der Waals surface area contributed by atoms with Gasteiger partial charge in [-0.25, -0.2) is 22.8 Å². The van der Waals surface area contributed by atoms with Crippen LogP contribution in [-0.2, 0) is 35.3 Å². The maximum absolute atomic E-state index is 13.8. The topological polar surface area (TPSA) is 143 Å². The maximum atomic E-state index is 13.8. The smallest absolute Gasteiger partial charge is 0.281 e. The van der Waals surface area contributed by atoms with E-state index in [0.29, 0.717) is 74.4 Å². The van der Waals surface area contributed by atoms with Gasteiger partial charge in [0.05, 0.1) is 29.4 Å². The second kappa shape index (κ2) is 12.9. The summed E-state index contributed by atoms with van der Waals surface area (Å²) < 4.78 is 44.9. The van der Waals surface area contributed by atoms with Crippen LogP contribution in [0, 0.1) is 0 Å². The lowest BCUT2D eigenvalue weighted by molar-refractivity contribution is 0.123. The average Bonchev–Trinajstić information content (AvgIpc) is 3.60. The van der Waals surface area contributed by atoms with Crippen LogP contribution < -0.4 is 10.3 Å². The lowest BCUT2D eigenvalue weighted by atomic mass is 10.1. The molecular formula is C28H39N9O5S. The molecule has 14 nitrogen and oxygen atoms in total. The van der Waals surface area contributed by atoms with Crippen LogP contribution in [0.15, 0.2) is 34.2 Å². The summed E-state index contributed by atoms with van der Waals surface area (Å²) in [4.78, 5) is 25.3. The Bertz CT molecular complexity index is 1750. The molecule has 0 atom stereocenters. The Balaban J connectivity index is 1.62. The number of methoxy groups -OCH3 is 1. The molecule has 3 aromatic heterocycles. The lowest BCUT2D eigenvalue weighted by Crippen LogP contribution is -2.49. The van der Waals surface area contributed by atoms with Crippen LogP contribution in [0.4, 0.5) is 0 Å². The second-order valence-electron chi connectivity index (χ2n) is 10.5. The van der Waals surface area contributed by atoms with Crippen molar-refractivity contribution in [1.29, 1.82) is 0 Å². The molecule has 0 unspecified atom stereocenters. The normalized spacial score (nSPS) is 15.0. The van der Waals surface area contributed by atoms with Crippen molar-refractivity contribution in [2.75, 3.05) is 53.0 Å². The quantitative estimate of drug-likeness (QED) is 0.231. The van der Waals surface area contributed by atoms with Gasteiger partial charge in [-0.05, 0) is 31.0 Å². The highest BCUT2D eigenvalue weighted by molar-refractivity contribution is 7.89. The number of ether oxygens (including phenoxy) is 2. The number of fused-ring (bicyclic) bond motifs is 1. The number of rotatable bonds is 12. The van der Waals surface area contributed by atoms with Crippen molar-refractivity contribution in [2.24, 2.45) is 14.1 Å². The summed E-state index contributed by atoms with van der Waals surface area (Å²) in [6, 6.07) is 4.78. The molecule has 0 radical (unpaired) electrons. The van der Waals surface area contributed by atoms with Crippen molar-refractivity contribution in [3.8, 4) is 23.1 Å². The van der Waals surface area contributed by atoms with Crippen LogP contribution in [0.3, 0.4) is 0 Å². The molecule has 4 aromatic rings. The molecule has 15 heteroatoms. The summed E-state index contributed by atoms with van der Waals surface area (Å²) in [6.45, 7) is 7.79. The van der Waals surface area contributed by atoms with Gasteiger partial charge in [0, 0.05) is 53.9 Å². The first-order valence-electron chi connectivity index (χ1n) is 14.5. The Kier molecular flexibility index (Phi) is 9.25. The molecular weight excluding hydrogens is 574 g/mol. The number of hydrogen-bond donors (Lipinski definition) is 0. The molecule has 0 aliphatic carbocycles. The van der Waals surface area contributed by atoms with Crippen LogP contribution in [0.1, 0.15) is 32.4 Å². The Morgan fingerprint density at radius 3 is 2.42 bits per heavy atom. The highest BCUT2D eigenvalue weighted by Gasteiger charge is 2.30. The molecule has 5 rings (SSSR count). The minimum atomic E-state index is -3.82. The minimum absolute atomic E-state index is 0.120. The molecule has 0 spiro atoms. The number of piperazine rings is 1. The molecule has 1 aliphatic heterocycles. The summed E-state index contributed by atoms with van der Waals surface area (Å²) >= 11 is 0. The van der Waals surface area contributed by atoms with Crippen molar-refractivity contribution in [3.05, 3.63) is 40.6 Å². The second-order valence-corrected chi connectivity index (χ2v) is 12.5. The van der Waals surface area contributed by atoms with E-state index in [4.69, 9.17) is 14.5 Å². The van der Waals surface area contributed by atoms with Gasteiger partial charge in [0.2, 0.25) is 16.0 Å². The van der Waals surface area contributed by atoms with E-state index in [1.165, 1.54) is 15.2 Å². The number of nitrogens with zero attached hydrogens (tertiary/aromatic N) is 9. The first kappa shape index (κ1) is 30.8. The molecule has 4 heterocycles. The van der Waals surface area contributed by atoms with Gasteiger partial charge in [0.25, 0.3) is 5.56 Å². The first-order chi connectivity index (χ1) is 20.7. The third kappa shape index (κ3) is 5.94.